The van der Waals surface area contributed by atoms with Crippen LogP contribution in [0.1, 0.15) is 24.1 Å². The van der Waals surface area contributed by atoms with Crippen molar-refractivity contribution in [2.75, 3.05) is 13.1 Å². The second-order valence-corrected chi connectivity index (χ2v) is 6.53. The molecule has 1 saturated heterocycles. The van der Waals surface area contributed by atoms with Crippen LogP contribution in [0, 0.1) is 5.92 Å². The lowest BCUT2D eigenvalue weighted by atomic mass is 9.93. The molecule has 2 heterocycles. The number of primary amides is 1. The summed E-state index contributed by atoms with van der Waals surface area (Å²) in [6.45, 7) is 3.18. The molecule has 1 aromatic rings. The number of rotatable bonds is 4. The quantitative estimate of drug-likeness (QED) is 0.928. The number of thiophene rings is 1. The lowest BCUT2D eigenvalue weighted by Gasteiger charge is -2.31. The fourth-order valence-electron chi connectivity index (χ4n) is 2.29. The van der Waals surface area contributed by atoms with Gasteiger partial charge in [0.25, 0.3) is 0 Å². The lowest BCUT2D eigenvalue weighted by Crippen LogP contribution is -2.34. The van der Waals surface area contributed by atoms with Gasteiger partial charge in [-0.25, -0.2) is 0 Å². The fraction of sp³-hybridized carbons (Fsp3) is 0.583. The Morgan fingerprint density at radius 2 is 2.24 bits per heavy atom. The van der Waals surface area contributed by atoms with Crippen molar-refractivity contribution in [1.82, 2.24) is 4.90 Å². The average Bonchev–Trinajstić information content (AvgIpc) is 2.66. The number of hydrogen-bond acceptors (Lipinski definition) is 3. The highest BCUT2D eigenvalue weighted by atomic mass is 79.9. The van der Waals surface area contributed by atoms with Crippen molar-refractivity contribution in [3.8, 4) is 0 Å². The molecule has 0 atom stereocenters. The number of carbonyl (C=O) groups is 1. The number of carbonyl (C=O) groups excluding carboxylic acids is 1. The highest BCUT2D eigenvalue weighted by Crippen LogP contribution is 2.25. The van der Waals surface area contributed by atoms with Crippen molar-refractivity contribution in [2.24, 2.45) is 11.7 Å². The van der Waals surface area contributed by atoms with Crippen LogP contribution in [0.15, 0.2) is 15.9 Å². The molecule has 3 nitrogen and oxygen atoms in total. The van der Waals surface area contributed by atoms with Gasteiger partial charge >= 0.3 is 0 Å². The maximum Gasteiger partial charge on any atom is 0.217 e. The van der Waals surface area contributed by atoms with Crippen LogP contribution >= 0.6 is 27.3 Å². The average molecular weight is 317 g/mol. The van der Waals surface area contributed by atoms with E-state index in [2.05, 4.69) is 32.3 Å². The molecular formula is C12H17BrN2OS. The van der Waals surface area contributed by atoms with Crippen LogP contribution < -0.4 is 5.73 Å². The van der Waals surface area contributed by atoms with Crippen molar-refractivity contribution >= 4 is 33.2 Å². The van der Waals surface area contributed by atoms with E-state index in [4.69, 9.17) is 5.73 Å². The van der Waals surface area contributed by atoms with Crippen molar-refractivity contribution in [1.29, 1.82) is 0 Å². The Bertz CT molecular complexity index is 386. The minimum Gasteiger partial charge on any atom is -0.370 e. The van der Waals surface area contributed by atoms with E-state index in [1.54, 1.807) is 11.3 Å². The molecule has 0 spiro atoms. The Kier molecular flexibility index (Phi) is 4.59. The fourth-order valence-corrected chi connectivity index (χ4v) is 3.78. The molecule has 1 fully saturated rings. The van der Waals surface area contributed by atoms with Gasteiger partial charge in [-0.3, -0.25) is 9.69 Å². The SMILES string of the molecule is NC(=O)CC1CCN(Cc2cc(Br)cs2)CC1. The topological polar surface area (TPSA) is 46.3 Å². The summed E-state index contributed by atoms with van der Waals surface area (Å²) in [7, 11) is 0. The van der Waals surface area contributed by atoms with Gasteiger partial charge in [0.2, 0.25) is 5.91 Å². The van der Waals surface area contributed by atoms with E-state index >= 15 is 0 Å². The van der Waals surface area contributed by atoms with Gasteiger partial charge in [-0.1, -0.05) is 0 Å². The van der Waals surface area contributed by atoms with E-state index in [1.165, 1.54) is 9.35 Å². The lowest BCUT2D eigenvalue weighted by molar-refractivity contribution is -0.119. The molecule has 5 heteroatoms. The third-order valence-corrected chi connectivity index (χ3v) is 4.88. The predicted octanol–water partition coefficient (Wildman–Crippen LogP) is 2.60. The number of piperidine rings is 1. The van der Waals surface area contributed by atoms with Gasteiger partial charge in [0.1, 0.15) is 0 Å². The van der Waals surface area contributed by atoms with Crippen LogP contribution in [0.2, 0.25) is 0 Å². The summed E-state index contributed by atoms with van der Waals surface area (Å²) in [6.07, 6.45) is 2.74. The molecule has 1 aliphatic rings. The molecule has 0 unspecified atom stereocenters. The van der Waals surface area contributed by atoms with Crippen molar-refractivity contribution in [3.05, 3.63) is 20.8 Å². The second-order valence-electron chi connectivity index (χ2n) is 4.62. The Labute approximate surface area is 114 Å². The van der Waals surface area contributed by atoms with E-state index in [0.29, 0.717) is 12.3 Å². The number of nitrogens with two attached hydrogens (primary N) is 1. The zero-order valence-corrected chi connectivity index (χ0v) is 12.1. The van der Waals surface area contributed by atoms with Crippen LogP contribution in [0.25, 0.3) is 0 Å². The monoisotopic (exact) mass is 316 g/mol. The molecular weight excluding hydrogens is 300 g/mol. The number of likely N-dealkylation sites (tertiary alicyclic amines) is 1. The number of hydrogen-bond donors (Lipinski definition) is 1. The smallest absolute Gasteiger partial charge is 0.217 e. The summed E-state index contributed by atoms with van der Waals surface area (Å²) < 4.78 is 1.17. The normalized spacial score (nSPS) is 18.4. The summed E-state index contributed by atoms with van der Waals surface area (Å²) >= 11 is 5.27. The van der Waals surface area contributed by atoms with Gasteiger partial charge in [0.05, 0.1) is 0 Å². The molecule has 2 rings (SSSR count). The van der Waals surface area contributed by atoms with Crippen LogP contribution in [0.5, 0.6) is 0 Å². The van der Waals surface area contributed by atoms with E-state index in [9.17, 15) is 4.79 Å². The Morgan fingerprint density at radius 1 is 1.53 bits per heavy atom. The molecule has 0 aromatic carbocycles. The van der Waals surface area contributed by atoms with Crippen LogP contribution in [-0.4, -0.2) is 23.9 Å². The first kappa shape index (κ1) is 13.1. The van der Waals surface area contributed by atoms with E-state index in [1.807, 2.05) is 0 Å². The van der Waals surface area contributed by atoms with Gasteiger partial charge in [-0.2, -0.15) is 0 Å². The molecule has 0 bridgehead atoms. The molecule has 94 valence electrons. The van der Waals surface area contributed by atoms with Gasteiger partial charge < -0.3 is 5.73 Å². The summed E-state index contributed by atoms with van der Waals surface area (Å²) in [4.78, 5) is 14.7. The largest absolute Gasteiger partial charge is 0.370 e. The molecule has 2 N–H and O–H groups in total. The number of halogens is 1. The summed E-state index contributed by atoms with van der Waals surface area (Å²) in [5, 5.41) is 2.12. The predicted molar refractivity (Wildman–Crippen MR) is 73.8 cm³/mol. The molecule has 0 aliphatic carbocycles. The first-order valence-corrected chi connectivity index (χ1v) is 7.54. The van der Waals surface area contributed by atoms with E-state index < -0.39 is 0 Å². The zero-order chi connectivity index (χ0) is 12.3. The summed E-state index contributed by atoms with van der Waals surface area (Å²) in [6, 6.07) is 2.18. The number of amides is 1. The van der Waals surface area contributed by atoms with Crippen molar-refractivity contribution < 1.29 is 4.79 Å². The van der Waals surface area contributed by atoms with Gasteiger partial charge in [0.15, 0.2) is 0 Å². The Balaban J connectivity index is 1.77. The van der Waals surface area contributed by atoms with Crippen LogP contribution in [0.4, 0.5) is 0 Å². The second kappa shape index (κ2) is 5.98. The summed E-state index contributed by atoms with van der Waals surface area (Å²) in [5.41, 5.74) is 5.23. The number of nitrogens with zero attached hydrogens (tertiary/aromatic N) is 1. The Hall–Kier alpha value is -0.390. The first-order valence-electron chi connectivity index (χ1n) is 5.87. The Morgan fingerprint density at radius 3 is 2.76 bits per heavy atom. The molecule has 1 amide bonds. The zero-order valence-electron chi connectivity index (χ0n) is 9.69. The first-order chi connectivity index (χ1) is 8.13. The minimum absolute atomic E-state index is 0.161. The third kappa shape index (κ3) is 4.08. The van der Waals surface area contributed by atoms with Crippen molar-refractivity contribution in [3.63, 3.8) is 0 Å². The van der Waals surface area contributed by atoms with Gasteiger partial charge in [-0.05, 0) is 53.8 Å². The van der Waals surface area contributed by atoms with E-state index in [0.717, 1.165) is 32.5 Å². The molecule has 17 heavy (non-hydrogen) atoms. The van der Waals surface area contributed by atoms with Crippen molar-refractivity contribution in [2.45, 2.75) is 25.8 Å². The highest BCUT2D eigenvalue weighted by molar-refractivity contribution is 9.10. The standard InChI is InChI=1S/C12H17BrN2OS/c13-10-6-11(17-8-10)7-15-3-1-9(2-4-15)5-12(14)16/h6,8-9H,1-5,7H2,(H2,14,16). The van der Waals surface area contributed by atoms with Crippen LogP contribution in [0.3, 0.4) is 0 Å². The van der Waals surface area contributed by atoms with Crippen LogP contribution in [-0.2, 0) is 11.3 Å². The maximum atomic E-state index is 10.8. The molecule has 1 aliphatic heterocycles. The van der Waals surface area contributed by atoms with E-state index in [-0.39, 0.29) is 5.91 Å². The highest BCUT2D eigenvalue weighted by Gasteiger charge is 2.20. The molecule has 1 aromatic heterocycles. The van der Waals surface area contributed by atoms with Gasteiger partial charge in [0, 0.05) is 27.7 Å². The molecule has 0 radical (unpaired) electrons. The minimum atomic E-state index is -0.161. The molecule has 0 saturated carbocycles. The van der Waals surface area contributed by atoms with Gasteiger partial charge in [-0.15, -0.1) is 11.3 Å². The third-order valence-electron chi connectivity index (χ3n) is 3.20. The maximum absolute atomic E-state index is 10.8. The summed E-state index contributed by atoms with van der Waals surface area (Å²) in [5.74, 6) is 0.337.